The van der Waals surface area contributed by atoms with Crippen LogP contribution in [0.25, 0.3) is 5.57 Å². The Morgan fingerprint density at radius 2 is 1.42 bits per heavy atom. The molecular weight excluding hydrogens is 382 g/mol. The smallest absolute Gasteiger partial charge is 0.213 e. The van der Waals surface area contributed by atoms with Gasteiger partial charge in [-0.25, -0.2) is 0 Å². The lowest BCUT2D eigenvalue weighted by Crippen LogP contribution is -2.56. The second kappa shape index (κ2) is 8.43. The van der Waals surface area contributed by atoms with Crippen molar-refractivity contribution >= 4 is 5.57 Å². The number of fused-ring (bicyclic) bond motifs is 1. The highest BCUT2D eigenvalue weighted by molar-refractivity contribution is 5.87. The first-order valence-corrected chi connectivity index (χ1v) is 10.7. The fourth-order valence-corrected chi connectivity index (χ4v) is 4.49. The monoisotopic (exact) mass is 407 g/mol. The minimum atomic E-state index is -0.708. The molecule has 0 aliphatic carbocycles. The van der Waals surface area contributed by atoms with Crippen molar-refractivity contribution in [3.63, 3.8) is 0 Å². The van der Waals surface area contributed by atoms with E-state index in [1.54, 1.807) is 0 Å². The van der Waals surface area contributed by atoms with Crippen LogP contribution in [0.3, 0.4) is 0 Å². The standard InChI is InChI=1S/C28H25NO2/c1-22-25(17-16-23-10-4-2-5-11-23)26-14-8-9-15-27(26)31-28(22,24-12-6-3-7-13-24)29-18-20-30-21-19-29/h2-15H,18-21H2,1H3. The number of para-hydroxylation sites is 1. The van der Waals surface area contributed by atoms with Gasteiger partial charge in [-0.3, -0.25) is 4.90 Å². The summed E-state index contributed by atoms with van der Waals surface area (Å²) in [6.45, 7) is 5.14. The fourth-order valence-electron chi connectivity index (χ4n) is 4.49. The number of morpholine rings is 1. The molecular formula is C28H25NO2. The maximum absolute atomic E-state index is 6.88. The van der Waals surface area contributed by atoms with Crippen LogP contribution in [-0.2, 0) is 10.5 Å². The normalized spacial score (nSPS) is 20.9. The van der Waals surface area contributed by atoms with Gasteiger partial charge in [0.05, 0.1) is 13.2 Å². The van der Waals surface area contributed by atoms with Crippen molar-refractivity contribution in [1.82, 2.24) is 4.90 Å². The number of hydrogen-bond acceptors (Lipinski definition) is 3. The summed E-state index contributed by atoms with van der Waals surface area (Å²) in [5.74, 6) is 7.73. The van der Waals surface area contributed by atoms with Crippen LogP contribution in [-0.4, -0.2) is 31.2 Å². The molecule has 1 fully saturated rings. The number of allylic oxidation sites excluding steroid dienone is 1. The zero-order valence-corrected chi connectivity index (χ0v) is 17.7. The molecule has 2 aliphatic heterocycles. The topological polar surface area (TPSA) is 21.7 Å². The fraction of sp³-hybridized carbons (Fsp3) is 0.214. The molecule has 3 aromatic carbocycles. The predicted molar refractivity (Wildman–Crippen MR) is 123 cm³/mol. The van der Waals surface area contributed by atoms with Gasteiger partial charge in [-0.05, 0) is 31.2 Å². The second-order valence-electron chi connectivity index (χ2n) is 7.82. The van der Waals surface area contributed by atoms with E-state index in [1.165, 1.54) is 0 Å². The minimum absolute atomic E-state index is 0.692. The van der Waals surface area contributed by atoms with Crippen molar-refractivity contribution in [2.75, 3.05) is 26.3 Å². The number of nitrogens with zero attached hydrogens (tertiary/aromatic N) is 1. The Bertz CT molecular complexity index is 1150. The van der Waals surface area contributed by atoms with Gasteiger partial charge in [-0.1, -0.05) is 72.5 Å². The molecule has 1 unspecified atom stereocenters. The highest BCUT2D eigenvalue weighted by Gasteiger charge is 2.47. The third kappa shape index (κ3) is 3.55. The van der Waals surface area contributed by atoms with Crippen LogP contribution in [0.5, 0.6) is 5.75 Å². The van der Waals surface area contributed by atoms with E-state index in [4.69, 9.17) is 9.47 Å². The van der Waals surface area contributed by atoms with Crippen LogP contribution in [0.4, 0.5) is 0 Å². The molecule has 1 saturated heterocycles. The molecule has 0 N–H and O–H groups in total. The van der Waals surface area contributed by atoms with E-state index in [2.05, 4.69) is 54.0 Å². The number of ether oxygens (including phenoxy) is 2. The Hall–Kier alpha value is -3.32. The van der Waals surface area contributed by atoms with E-state index in [-0.39, 0.29) is 0 Å². The second-order valence-corrected chi connectivity index (χ2v) is 7.82. The van der Waals surface area contributed by atoms with Gasteiger partial charge >= 0.3 is 0 Å². The van der Waals surface area contributed by atoms with Crippen molar-refractivity contribution < 1.29 is 9.47 Å². The van der Waals surface area contributed by atoms with Gasteiger partial charge in [0.25, 0.3) is 0 Å². The van der Waals surface area contributed by atoms with E-state index in [1.807, 2.05) is 54.6 Å². The van der Waals surface area contributed by atoms with Crippen LogP contribution in [0.2, 0.25) is 0 Å². The van der Waals surface area contributed by atoms with E-state index in [0.717, 1.165) is 46.7 Å². The summed E-state index contributed by atoms with van der Waals surface area (Å²) in [6.07, 6.45) is 0. The van der Waals surface area contributed by atoms with E-state index in [9.17, 15) is 0 Å². The highest BCUT2D eigenvalue weighted by atomic mass is 16.5. The van der Waals surface area contributed by atoms with E-state index < -0.39 is 5.72 Å². The molecule has 3 aromatic rings. The van der Waals surface area contributed by atoms with Crippen molar-refractivity contribution in [1.29, 1.82) is 0 Å². The van der Waals surface area contributed by atoms with Crippen molar-refractivity contribution in [2.45, 2.75) is 12.6 Å². The summed E-state index contributed by atoms with van der Waals surface area (Å²) in [5.41, 5.74) is 4.60. The summed E-state index contributed by atoms with van der Waals surface area (Å²) >= 11 is 0. The molecule has 2 aliphatic rings. The number of hydrogen-bond donors (Lipinski definition) is 0. The zero-order chi connectivity index (χ0) is 21.1. The molecule has 0 bridgehead atoms. The third-order valence-corrected chi connectivity index (χ3v) is 6.02. The number of rotatable bonds is 2. The maximum Gasteiger partial charge on any atom is 0.213 e. The van der Waals surface area contributed by atoms with Crippen LogP contribution < -0.4 is 4.74 Å². The van der Waals surface area contributed by atoms with Crippen molar-refractivity contribution in [3.05, 3.63) is 107 Å². The lowest BCUT2D eigenvalue weighted by Gasteiger charge is -2.48. The van der Waals surface area contributed by atoms with Gasteiger partial charge in [0.2, 0.25) is 5.72 Å². The molecule has 31 heavy (non-hydrogen) atoms. The van der Waals surface area contributed by atoms with E-state index >= 15 is 0 Å². The first kappa shape index (κ1) is 19.6. The van der Waals surface area contributed by atoms with Crippen molar-refractivity contribution in [2.24, 2.45) is 0 Å². The molecule has 5 rings (SSSR count). The predicted octanol–water partition coefficient (Wildman–Crippen LogP) is 5.09. The lowest BCUT2D eigenvalue weighted by molar-refractivity contribution is -0.106. The van der Waals surface area contributed by atoms with Crippen LogP contribution in [0.1, 0.15) is 23.6 Å². The van der Waals surface area contributed by atoms with Crippen molar-refractivity contribution in [3.8, 4) is 17.6 Å². The van der Waals surface area contributed by atoms with Gasteiger partial charge in [-0.2, -0.15) is 0 Å². The maximum atomic E-state index is 6.88. The largest absolute Gasteiger partial charge is 0.464 e. The van der Waals surface area contributed by atoms with Crippen LogP contribution in [0.15, 0.2) is 90.5 Å². The molecule has 3 heteroatoms. The van der Waals surface area contributed by atoms with Gasteiger partial charge < -0.3 is 9.47 Å². The summed E-state index contributed by atoms with van der Waals surface area (Å²) in [6, 6.07) is 28.8. The van der Waals surface area contributed by atoms with E-state index in [0.29, 0.717) is 13.2 Å². The quantitative estimate of drug-likeness (QED) is 0.553. The Balaban J connectivity index is 1.74. The molecule has 0 saturated carbocycles. The zero-order valence-electron chi connectivity index (χ0n) is 17.7. The highest BCUT2D eigenvalue weighted by Crippen LogP contribution is 2.47. The lowest BCUT2D eigenvalue weighted by atomic mass is 9.84. The molecule has 0 spiro atoms. The molecule has 3 nitrogen and oxygen atoms in total. The molecule has 2 heterocycles. The van der Waals surface area contributed by atoms with Crippen LogP contribution in [0, 0.1) is 11.8 Å². The summed E-state index contributed by atoms with van der Waals surface area (Å²) in [7, 11) is 0. The summed E-state index contributed by atoms with van der Waals surface area (Å²) < 4.78 is 12.6. The van der Waals surface area contributed by atoms with Gasteiger partial charge in [0.15, 0.2) is 0 Å². The SMILES string of the molecule is CC1=C(C#Cc2ccccc2)c2ccccc2OC1(c1ccccc1)N1CCOCC1. The first-order chi connectivity index (χ1) is 15.3. The average molecular weight is 408 g/mol. The Morgan fingerprint density at radius 3 is 2.16 bits per heavy atom. The number of benzene rings is 3. The Kier molecular flexibility index (Phi) is 5.34. The van der Waals surface area contributed by atoms with Crippen LogP contribution >= 0.6 is 0 Å². The first-order valence-electron chi connectivity index (χ1n) is 10.7. The van der Waals surface area contributed by atoms with Gasteiger partial charge in [0, 0.05) is 40.9 Å². The summed E-state index contributed by atoms with van der Waals surface area (Å²) in [5, 5.41) is 0. The Morgan fingerprint density at radius 1 is 0.774 bits per heavy atom. The Labute approximate surface area is 183 Å². The van der Waals surface area contributed by atoms with Gasteiger partial charge in [-0.15, -0.1) is 0 Å². The third-order valence-electron chi connectivity index (χ3n) is 6.02. The van der Waals surface area contributed by atoms with Gasteiger partial charge in [0.1, 0.15) is 5.75 Å². The molecule has 0 amide bonds. The molecule has 1 atom stereocenters. The molecule has 154 valence electrons. The molecule has 0 radical (unpaired) electrons. The summed E-state index contributed by atoms with van der Waals surface area (Å²) in [4.78, 5) is 2.39. The average Bonchev–Trinajstić information content (AvgIpc) is 2.85. The minimum Gasteiger partial charge on any atom is -0.464 e. The molecule has 0 aromatic heterocycles.